The molecule has 0 aliphatic carbocycles. The van der Waals surface area contributed by atoms with Crippen molar-refractivity contribution in [1.29, 1.82) is 0 Å². The van der Waals surface area contributed by atoms with E-state index in [0.717, 1.165) is 18.4 Å². The summed E-state index contributed by atoms with van der Waals surface area (Å²) in [5.41, 5.74) is 1.91. The summed E-state index contributed by atoms with van der Waals surface area (Å²) in [6.07, 6.45) is 5.28. The van der Waals surface area contributed by atoms with Gasteiger partial charge in [0.05, 0.1) is 5.56 Å². The van der Waals surface area contributed by atoms with Crippen LogP contribution < -0.4 is 5.32 Å². The summed E-state index contributed by atoms with van der Waals surface area (Å²) in [4.78, 5) is 16.4. The minimum Gasteiger partial charge on any atom is -0.381 e. The second kappa shape index (κ2) is 7.33. The Kier molecular flexibility index (Phi) is 4.98. The highest BCUT2D eigenvalue weighted by Gasteiger charge is 2.17. The number of hydrogen-bond acceptors (Lipinski definition) is 3. The van der Waals surface area contributed by atoms with Crippen molar-refractivity contribution in [1.82, 2.24) is 10.3 Å². The Morgan fingerprint density at radius 2 is 2.04 bits per heavy atom. The van der Waals surface area contributed by atoms with Gasteiger partial charge >= 0.3 is 0 Å². The monoisotopic (exact) mass is 314 g/mol. The third-order valence-electron chi connectivity index (χ3n) is 3.97. The van der Waals surface area contributed by atoms with Crippen LogP contribution in [0.15, 0.2) is 42.7 Å². The molecule has 0 radical (unpaired) electrons. The van der Waals surface area contributed by atoms with E-state index in [1.165, 1.54) is 6.07 Å². The molecule has 1 aromatic heterocycles. The molecule has 1 saturated heterocycles. The lowest BCUT2D eigenvalue weighted by Gasteiger charge is -2.23. The first-order valence-electron chi connectivity index (χ1n) is 7.78. The van der Waals surface area contributed by atoms with Gasteiger partial charge in [0.15, 0.2) is 0 Å². The van der Waals surface area contributed by atoms with E-state index in [2.05, 4.69) is 10.3 Å². The molecule has 1 aliphatic rings. The number of pyridine rings is 1. The van der Waals surface area contributed by atoms with Crippen molar-refractivity contribution in [3.8, 4) is 0 Å². The average molecular weight is 314 g/mol. The Hall–Kier alpha value is -2.27. The molecular formula is C18H19FN2O2. The molecular weight excluding hydrogens is 295 g/mol. The zero-order chi connectivity index (χ0) is 16.1. The van der Waals surface area contributed by atoms with Gasteiger partial charge in [-0.05, 0) is 36.1 Å². The van der Waals surface area contributed by atoms with Crippen LogP contribution in [0.25, 0.3) is 0 Å². The van der Waals surface area contributed by atoms with Crippen LogP contribution in [0.1, 0.15) is 34.3 Å². The molecule has 1 fully saturated rings. The van der Waals surface area contributed by atoms with Crippen molar-refractivity contribution >= 4 is 5.91 Å². The average Bonchev–Trinajstić information content (AvgIpc) is 2.58. The maximum absolute atomic E-state index is 13.7. The molecule has 5 heteroatoms. The van der Waals surface area contributed by atoms with E-state index in [1.807, 2.05) is 0 Å². The third-order valence-corrected chi connectivity index (χ3v) is 3.97. The number of amides is 1. The molecule has 1 amide bonds. The zero-order valence-corrected chi connectivity index (χ0v) is 12.8. The van der Waals surface area contributed by atoms with Crippen LogP contribution in [0.3, 0.4) is 0 Å². The molecule has 1 aromatic carbocycles. The lowest BCUT2D eigenvalue weighted by atomic mass is 10.0. The second-order valence-corrected chi connectivity index (χ2v) is 5.71. The van der Waals surface area contributed by atoms with Crippen molar-refractivity contribution in [2.45, 2.75) is 25.3 Å². The fourth-order valence-corrected chi connectivity index (χ4v) is 2.68. The van der Waals surface area contributed by atoms with Crippen LogP contribution in [0, 0.1) is 5.82 Å². The van der Waals surface area contributed by atoms with Crippen molar-refractivity contribution in [3.63, 3.8) is 0 Å². The molecule has 4 nitrogen and oxygen atoms in total. The Labute approximate surface area is 134 Å². The second-order valence-electron chi connectivity index (χ2n) is 5.71. The van der Waals surface area contributed by atoms with Gasteiger partial charge in [0, 0.05) is 38.1 Å². The highest BCUT2D eigenvalue weighted by Crippen LogP contribution is 2.14. The molecule has 2 heterocycles. The summed E-state index contributed by atoms with van der Waals surface area (Å²) < 4.78 is 19.0. The summed E-state index contributed by atoms with van der Waals surface area (Å²) in [5.74, 6) is -0.385. The predicted molar refractivity (Wildman–Crippen MR) is 84.8 cm³/mol. The van der Waals surface area contributed by atoms with E-state index < -0.39 is 0 Å². The Bertz CT molecular complexity index is 684. The van der Waals surface area contributed by atoms with Crippen molar-refractivity contribution < 1.29 is 13.9 Å². The number of ether oxygens (including phenoxy) is 1. The normalized spacial score (nSPS) is 15.3. The number of nitrogens with zero attached hydrogens (tertiary/aromatic N) is 1. The molecule has 2 aromatic rings. The quantitative estimate of drug-likeness (QED) is 0.944. The Balaban J connectivity index is 1.69. The number of nitrogens with one attached hydrogen (secondary N) is 1. The van der Waals surface area contributed by atoms with Crippen LogP contribution in [0.2, 0.25) is 0 Å². The lowest BCUT2D eigenvalue weighted by Crippen LogP contribution is -2.38. The smallest absolute Gasteiger partial charge is 0.253 e. The lowest BCUT2D eigenvalue weighted by molar-refractivity contribution is 0.0696. The number of hydrogen-bond donors (Lipinski definition) is 1. The highest BCUT2D eigenvalue weighted by molar-refractivity contribution is 5.94. The molecule has 3 rings (SSSR count). The van der Waals surface area contributed by atoms with Crippen LogP contribution in [-0.4, -0.2) is 30.1 Å². The largest absolute Gasteiger partial charge is 0.381 e. The SMILES string of the molecule is O=C(NC1CCOCC1)c1cncc(Cc2ccccc2F)c1. The van der Waals surface area contributed by atoms with Gasteiger partial charge < -0.3 is 10.1 Å². The van der Waals surface area contributed by atoms with E-state index in [-0.39, 0.29) is 17.8 Å². The number of benzene rings is 1. The Morgan fingerprint density at radius 3 is 2.83 bits per heavy atom. The number of rotatable bonds is 4. The fraction of sp³-hybridized carbons (Fsp3) is 0.333. The van der Waals surface area contributed by atoms with Gasteiger partial charge in [0.2, 0.25) is 0 Å². The minimum absolute atomic E-state index is 0.139. The maximum atomic E-state index is 13.7. The van der Waals surface area contributed by atoms with Gasteiger partial charge in [-0.1, -0.05) is 18.2 Å². The fourth-order valence-electron chi connectivity index (χ4n) is 2.68. The van der Waals surface area contributed by atoms with Crippen LogP contribution >= 0.6 is 0 Å². The van der Waals surface area contributed by atoms with Crippen molar-refractivity contribution in [2.24, 2.45) is 0 Å². The third kappa shape index (κ3) is 4.13. The van der Waals surface area contributed by atoms with Gasteiger partial charge in [-0.3, -0.25) is 9.78 Å². The molecule has 0 unspecified atom stereocenters. The first-order valence-corrected chi connectivity index (χ1v) is 7.78. The highest BCUT2D eigenvalue weighted by atomic mass is 19.1. The van der Waals surface area contributed by atoms with Gasteiger partial charge in [-0.2, -0.15) is 0 Å². The van der Waals surface area contributed by atoms with Crippen molar-refractivity contribution in [2.75, 3.05) is 13.2 Å². The first-order chi connectivity index (χ1) is 11.2. The van der Waals surface area contributed by atoms with E-state index >= 15 is 0 Å². The number of carbonyl (C=O) groups is 1. The standard InChI is InChI=1S/C18H19FN2O2/c19-17-4-2-1-3-14(17)9-13-10-15(12-20-11-13)18(22)21-16-5-7-23-8-6-16/h1-4,10-12,16H,5-9H2,(H,21,22). The van der Waals surface area contributed by atoms with E-state index in [4.69, 9.17) is 4.74 Å². The molecule has 120 valence electrons. The number of aromatic nitrogens is 1. The molecule has 23 heavy (non-hydrogen) atoms. The summed E-state index contributed by atoms with van der Waals surface area (Å²) >= 11 is 0. The molecule has 1 aliphatic heterocycles. The van der Waals surface area contributed by atoms with Gasteiger partial charge in [0.1, 0.15) is 5.82 Å². The van der Waals surface area contributed by atoms with Gasteiger partial charge in [-0.25, -0.2) is 4.39 Å². The van der Waals surface area contributed by atoms with E-state index in [1.54, 1.807) is 36.7 Å². The minimum atomic E-state index is -0.246. The first kappa shape index (κ1) is 15.6. The zero-order valence-electron chi connectivity index (χ0n) is 12.8. The summed E-state index contributed by atoms with van der Waals surface area (Å²) in [6, 6.07) is 8.55. The van der Waals surface area contributed by atoms with Crippen LogP contribution in [0.5, 0.6) is 0 Å². The van der Waals surface area contributed by atoms with Gasteiger partial charge in [0.25, 0.3) is 5.91 Å². The molecule has 0 atom stereocenters. The predicted octanol–water partition coefficient (Wildman–Crippen LogP) is 2.72. The van der Waals surface area contributed by atoms with Gasteiger partial charge in [-0.15, -0.1) is 0 Å². The summed E-state index contributed by atoms with van der Waals surface area (Å²) in [6.45, 7) is 1.35. The molecule has 1 N–H and O–H groups in total. The van der Waals surface area contributed by atoms with E-state index in [0.29, 0.717) is 30.8 Å². The maximum Gasteiger partial charge on any atom is 0.253 e. The van der Waals surface area contributed by atoms with E-state index in [9.17, 15) is 9.18 Å². The van der Waals surface area contributed by atoms with Crippen molar-refractivity contribution in [3.05, 3.63) is 65.2 Å². The molecule has 0 saturated carbocycles. The summed E-state index contributed by atoms with van der Waals surface area (Å²) in [5, 5.41) is 3.00. The van der Waals surface area contributed by atoms with Crippen LogP contribution in [0.4, 0.5) is 4.39 Å². The topological polar surface area (TPSA) is 51.2 Å². The molecule has 0 bridgehead atoms. The Morgan fingerprint density at radius 1 is 1.26 bits per heavy atom. The number of carbonyl (C=O) groups excluding carboxylic acids is 1. The number of halogens is 1. The molecule has 0 spiro atoms. The van der Waals surface area contributed by atoms with Crippen LogP contribution in [-0.2, 0) is 11.2 Å². The summed E-state index contributed by atoms with van der Waals surface area (Å²) in [7, 11) is 0.